The van der Waals surface area contributed by atoms with E-state index in [-0.39, 0.29) is 36.2 Å². The van der Waals surface area contributed by atoms with Crippen LogP contribution in [0.15, 0.2) is 48.5 Å². The van der Waals surface area contributed by atoms with Crippen LogP contribution in [0.4, 0.5) is 0 Å². The van der Waals surface area contributed by atoms with Gasteiger partial charge in [0.1, 0.15) is 0 Å². The monoisotopic (exact) mass is 350 g/mol. The number of fused-ring (bicyclic) bond motifs is 1. The molecule has 0 atom stereocenters. The number of benzene rings is 2. The van der Waals surface area contributed by atoms with E-state index >= 15 is 0 Å². The minimum Gasteiger partial charge on any atom is -0.350 e. The zero-order valence-corrected chi connectivity index (χ0v) is 15.2. The van der Waals surface area contributed by atoms with E-state index < -0.39 is 0 Å². The van der Waals surface area contributed by atoms with Gasteiger partial charge in [-0.05, 0) is 35.2 Å². The molecule has 1 heterocycles. The molecule has 0 saturated carbocycles. The molecule has 0 bridgehead atoms. The molecule has 5 heteroatoms. The molecule has 5 nitrogen and oxygen atoms in total. The van der Waals surface area contributed by atoms with Crippen molar-refractivity contribution in [2.24, 2.45) is 0 Å². The second-order valence-electron chi connectivity index (χ2n) is 7.39. The number of carbonyl (C=O) groups excluding carboxylic acids is 3. The summed E-state index contributed by atoms with van der Waals surface area (Å²) in [6.45, 7) is 6.71. The number of imide groups is 1. The lowest BCUT2D eigenvalue weighted by Crippen LogP contribution is -2.38. The van der Waals surface area contributed by atoms with Gasteiger partial charge in [0.05, 0.1) is 11.1 Å². The predicted molar refractivity (Wildman–Crippen MR) is 99.3 cm³/mol. The summed E-state index contributed by atoms with van der Waals surface area (Å²) in [6.07, 6.45) is 0. The second kappa shape index (κ2) is 6.75. The van der Waals surface area contributed by atoms with Crippen molar-refractivity contribution < 1.29 is 14.4 Å². The number of amides is 3. The van der Waals surface area contributed by atoms with E-state index in [0.29, 0.717) is 16.7 Å². The summed E-state index contributed by atoms with van der Waals surface area (Å²) < 4.78 is 0. The predicted octanol–water partition coefficient (Wildman–Crippen LogP) is 3.01. The Morgan fingerprint density at radius 2 is 1.46 bits per heavy atom. The summed E-state index contributed by atoms with van der Waals surface area (Å²) in [4.78, 5) is 38.0. The Balaban J connectivity index is 1.58. The van der Waals surface area contributed by atoms with Crippen molar-refractivity contribution in [1.29, 1.82) is 0 Å². The molecular formula is C21H22N2O3. The average Bonchev–Trinajstić information content (AvgIpc) is 2.86. The van der Waals surface area contributed by atoms with Crippen LogP contribution in [0.3, 0.4) is 0 Å². The van der Waals surface area contributed by atoms with Crippen molar-refractivity contribution in [3.05, 3.63) is 70.8 Å². The molecule has 0 aliphatic carbocycles. The Labute approximate surface area is 153 Å². The lowest BCUT2D eigenvalue weighted by Gasteiger charge is -2.19. The van der Waals surface area contributed by atoms with E-state index in [4.69, 9.17) is 0 Å². The highest BCUT2D eigenvalue weighted by Crippen LogP contribution is 2.23. The molecule has 3 amide bonds. The van der Waals surface area contributed by atoms with Crippen LogP contribution in [0.5, 0.6) is 0 Å². The molecule has 1 aliphatic heterocycles. The molecule has 0 unspecified atom stereocenters. The summed E-state index contributed by atoms with van der Waals surface area (Å²) in [7, 11) is 0. The number of hydrogen-bond donors (Lipinski definition) is 1. The van der Waals surface area contributed by atoms with E-state index in [0.717, 1.165) is 5.56 Å². The van der Waals surface area contributed by atoms with Gasteiger partial charge in [-0.3, -0.25) is 19.3 Å². The Morgan fingerprint density at radius 3 is 1.96 bits per heavy atom. The lowest BCUT2D eigenvalue weighted by atomic mass is 9.87. The van der Waals surface area contributed by atoms with Gasteiger partial charge >= 0.3 is 0 Å². The van der Waals surface area contributed by atoms with E-state index in [1.165, 1.54) is 4.90 Å². The quantitative estimate of drug-likeness (QED) is 0.862. The zero-order chi connectivity index (χ0) is 18.9. The average molecular weight is 350 g/mol. The van der Waals surface area contributed by atoms with E-state index in [2.05, 4.69) is 26.1 Å². The number of rotatable bonds is 4. The molecule has 2 aromatic rings. The Bertz CT molecular complexity index is 829. The van der Waals surface area contributed by atoms with E-state index in [1.54, 1.807) is 36.4 Å². The first-order valence-electron chi connectivity index (χ1n) is 8.63. The molecule has 0 aromatic heterocycles. The second-order valence-corrected chi connectivity index (χ2v) is 7.39. The molecular weight excluding hydrogens is 328 g/mol. The fourth-order valence-corrected chi connectivity index (χ4v) is 2.95. The third-order valence-electron chi connectivity index (χ3n) is 4.51. The zero-order valence-electron chi connectivity index (χ0n) is 15.2. The van der Waals surface area contributed by atoms with Gasteiger partial charge in [0.2, 0.25) is 0 Å². The molecule has 2 aromatic carbocycles. The topological polar surface area (TPSA) is 66.5 Å². The van der Waals surface area contributed by atoms with Crippen LogP contribution in [-0.4, -0.2) is 35.7 Å². The van der Waals surface area contributed by atoms with Crippen molar-refractivity contribution in [2.75, 3.05) is 13.1 Å². The highest BCUT2D eigenvalue weighted by Gasteiger charge is 2.34. The maximum Gasteiger partial charge on any atom is 0.261 e. The molecule has 134 valence electrons. The lowest BCUT2D eigenvalue weighted by molar-refractivity contribution is 0.0650. The summed E-state index contributed by atoms with van der Waals surface area (Å²) in [5, 5.41) is 2.77. The third kappa shape index (κ3) is 3.38. The molecule has 1 aliphatic rings. The first-order valence-corrected chi connectivity index (χ1v) is 8.63. The van der Waals surface area contributed by atoms with E-state index in [9.17, 15) is 14.4 Å². The standard InChI is InChI=1S/C21H22N2O3/c1-21(2,3)15-10-8-14(9-11-15)18(24)22-12-13-23-19(25)16-6-4-5-7-17(16)20(23)26/h4-11H,12-13H2,1-3H3,(H,22,24). The fourth-order valence-electron chi connectivity index (χ4n) is 2.95. The molecule has 0 spiro atoms. The Hall–Kier alpha value is -2.95. The minimum absolute atomic E-state index is 0.0283. The smallest absolute Gasteiger partial charge is 0.261 e. The van der Waals surface area contributed by atoms with Gasteiger partial charge in [-0.25, -0.2) is 0 Å². The summed E-state index contributed by atoms with van der Waals surface area (Å²) >= 11 is 0. The minimum atomic E-state index is -0.311. The first kappa shape index (κ1) is 17.9. The van der Waals surface area contributed by atoms with Crippen LogP contribution < -0.4 is 5.32 Å². The number of hydrogen-bond acceptors (Lipinski definition) is 3. The van der Waals surface area contributed by atoms with Crippen molar-refractivity contribution >= 4 is 17.7 Å². The van der Waals surface area contributed by atoms with Crippen molar-refractivity contribution in [2.45, 2.75) is 26.2 Å². The molecule has 26 heavy (non-hydrogen) atoms. The van der Waals surface area contributed by atoms with Gasteiger partial charge < -0.3 is 5.32 Å². The van der Waals surface area contributed by atoms with Gasteiger partial charge in [0, 0.05) is 18.7 Å². The van der Waals surface area contributed by atoms with Gasteiger partial charge in [0.25, 0.3) is 17.7 Å². The highest BCUT2D eigenvalue weighted by molar-refractivity contribution is 6.21. The molecule has 0 saturated heterocycles. The molecule has 0 radical (unpaired) electrons. The first-order chi connectivity index (χ1) is 12.3. The largest absolute Gasteiger partial charge is 0.350 e. The van der Waals surface area contributed by atoms with Crippen LogP contribution in [0, 0.1) is 0 Å². The van der Waals surface area contributed by atoms with Crippen LogP contribution in [0.2, 0.25) is 0 Å². The summed E-state index contributed by atoms with van der Waals surface area (Å²) in [5.74, 6) is -0.842. The van der Waals surface area contributed by atoms with Gasteiger partial charge in [0.15, 0.2) is 0 Å². The van der Waals surface area contributed by atoms with E-state index in [1.807, 2.05) is 12.1 Å². The maximum absolute atomic E-state index is 12.3. The SMILES string of the molecule is CC(C)(C)c1ccc(C(=O)NCCN2C(=O)c3ccccc3C2=O)cc1. The van der Waals surface area contributed by atoms with Crippen LogP contribution in [-0.2, 0) is 5.41 Å². The number of carbonyl (C=O) groups is 3. The molecule has 0 fully saturated rings. The van der Waals surface area contributed by atoms with Crippen LogP contribution >= 0.6 is 0 Å². The normalized spacial score (nSPS) is 13.7. The Morgan fingerprint density at radius 1 is 0.923 bits per heavy atom. The van der Waals surface area contributed by atoms with Crippen LogP contribution in [0.25, 0.3) is 0 Å². The third-order valence-corrected chi connectivity index (χ3v) is 4.51. The van der Waals surface area contributed by atoms with Crippen LogP contribution in [0.1, 0.15) is 57.4 Å². The molecule has 1 N–H and O–H groups in total. The van der Waals surface area contributed by atoms with Gasteiger partial charge in [-0.2, -0.15) is 0 Å². The van der Waals surface area contributed by atoms with Gasteiger partial charge in [-0.15, -0.1) is 0 Å². The number of nitrogens with zero attached hydrogens (tertiary/aromatic N) is 1. The van der Waals surface area contributed by atoms with Gasteiger partial charge in [-0.1, -0.05) is 45.0 Å². The summed E-state index contributed by atoms with van der Waals surface area (Å²) in [5.41, 5.74) is 2.57. The fraction of sp³-hybridized carbons (Fsp3) is 0.286. The summed E-state index contributed by atoms with van der Waals surface area (Å²) in [6, 6.07) is 14.2. The van der Waals surface area contributed by atoms with Crippen molar-refractivity contribution in [3.63, 3.8) is 0 Å². The Kier molecular flexibility index (Phi) is 4.64. The van der Waals surface area contributed by atoms with Crippen molar-refractivity contribution in [3.8, 4) is 0 Å². The maximum atomic E-state index is 12.3. The molecule has 3 rings (SSSR count). The van der Waals surface area contributed by atoms with Crippen molar-refractivity contribution in [1.82, 2.24) is 10.2 Å². The highest BCUT2D eigenvalue weighted by atomic mass is 16.2. The number of nitrogens with one attached hydrogen (secondary N) is 1.